The van der Waals surface area contributed by atoms with Gasteiger partial charge in [-0.3, -0.25) is 0 Å². The molecule has 0 heterocycles. The van der Waals surface area contributed by atoms with Crippen molar-refractivity contribution in [3.63, 3.8) is 0 Å². The molecule has 0 fully saturated rings. The molecule has 0 rings (SSSR count). The second-order valence-corrected chi connectivity index (χ2v) is 10.1. The molecule has 1 unspecified atom stereocenters. The number of hydrogen-bond donors (Lipinski definition) is 1. The van der Waals surface area contributed by atoms with E-state index in [2.05, 4.69) is 45.7 Å². The van der Waals surface area contributed by atoms with E-state index >= 15 is 0 Å². The maximum atomic E-state index is 9.21. The van der Waals surface area contributed by atoms with Crippen LogP contribution in [0, 0.1) is 11.8 Å². The van der Waals surface area contributed by atoms with Crippen LogP contribution in [-0.2, 0) is 4.43 Å². The van der Waals surface area contributed by atoms with Gasteiger partial charge in [-0.1, -0.05) is 20.8 Å². The Balaban J connectivity index is 4.44. The maximum Gasteiger partial charge on any atom is 0.192 e. The summed E-state index contributed by atoms with van der Waals surface area (Å²) < 4.78 is 6.04. The Kier molecular flexibility index (Phi) is 5.58. The van der Waals surface area contributed by atoms with Gasteiger partial charge in [-0.15, -0.1) is 11.8 Å². The van der Waals surface area contributed by atoms with Gasteiger partial charge in [0.25, 0.3) is 0 Å². The van der Waals surface area contributed by atoms with Crippen LogP contribution in [-0.4, -0.2) is 26.1 Å². The van der Waals surface area contributed by atoms with Crippen LogP contribution in [0.4, 0.5) is 0 Å². The highest BCUT2D eigenvalue weighted by Gasteiger charge is 2.38. The van der Waals surface area contributed by atoms with Crippen LogP contribution in [0.15, 0.2) is 0 Å². The van der Waals surface area contributed by atoms with Gasteiger partial charge in [0.2, 0.25) is 0 Å². The Bertz CT molecular complexity index is 243. The van der Waals surface area contributed by atoms with Crippen molar-refractivity contribution in [1.29, 1.82) is 0 Å². The molecule has 0 aliphatic heterocycles. The number of hydrogen-bond acceptors (Lipinski definition) is 2. The standard InChI is InChI=1S/C12H24O2Si/c1-7-8-9-11(10-13)14-15(5,6)12(2,3)4/h11,13H,9-10H2,1-6H3. The van der Waals surface area contributed by atoms with Crippen molar-refractivity contribution in [2.24, 2.45) is 0 Å². The molecule has 2 nitrogen and oxygen atoms in total. The predicted molar refractivity (Wildman–Crippen MR) is 67.2 cm³/mol. The molecule has 0 spiro atoms. The summed E-state index contributed by atoms with van der Waals surface area (Å²) in [6.07, 6.45) is 0.498. The molecular weight excluding hydrogens is 204 g/mol. The fourth-order valence-corrected chi connectivity index (χ4v) is 2.30. The molecule has 1 N–H and O–H groups in total. The van der Waals surface area contributed by atoms with Gasteiger partial charge in [-0.2, -0.15) is 0 Å². The van der Waals surface area contributed by atoms with E-state index in [1.165, 1.54) is 0 Å². The molecule has 3 heteroatoms. The first-order valence-electron chi connectivity index (χ1n) is 5.43. The van der Waals surface area contributed by atoms with Crippen molar-refractivity contribution in [3.05, 3.63) is 0 Å². The summed E-state index contributed by atoms with van der Waals surface area (Å²) in [4.78, 5) is 0. The molecule has 0 bridgehead atoms. The summed E-state index contributed by atoms with van der Waals surface area (Å²) in [5.41, 5.74) is 0. The Morgan fingerprint density at radius 2 is 1.87 bits per heavy atom. The lowest BCUT2D eigenvalue weighted by Gasteiger charge is -2.38. The Hall–Kier alpha value is -0.303. The molecular formula is C12H24O2Si. The molecule has 0 saturated carbocycles. The quantitative estimate of drug-likeness (QED) is 0.592. The van der Waals surface area contributed by atoms with E-state index in [-0.39, 0.29) is 17.7 Å². The van der Waals surface area contributed by atoms with Gasteiger partial charge >= 0.3 is 0 Å². The second-order valence-electron chi connectivity index (χ2n) is 5.31. The first-order valence-corrected chi connectivity index (χ1v) is 8.33. The first-order chi connectivity index (χ1) is 6.74. The van der Waals surface area contributed by atoms with Gasteiger partial charge in [0.05, 0.1) is 12.7 Å². The molecule has 0 amide bonds. The molecule has 15 heavy (non-hydrogen) atoms. The third-order valence-electron chi connectivity index (χ3n) is 2.98. The van der Waals surface area contributed by atoms with E-state index in [1.807, 2.05) is 0 Å². The van der Waals surface area contributed by atoms with Gasteiger partial charge in [-0.25, -0.2) is 0 Å². The van der Waals surface area contributed by atoms with Gasteiger partial charge in [0, 0.05) is 6.42 Å². The van der Waals surface area contributed by atoms with Gasteiger partial charge in [-0.05, 0) is 25.1 Å². The molecule has 0 radical (unpaired) electrons. The number of rotatable bonds is 4. The van der Waals surface area contributed by atoms with Gasteiger partial charge < -0.3 is 9.53 Å². The third kappa shape index (κ3) is 4.83. The SMILES string of the molecule is CC#CCC(CO)O[Si](C)(C)C(C)(C)C. The fourth-order valence-electron chi connectivity index (χ4n) is 0.953. The Morgan fingerprint density at radius 1 is 1.33 bits per heavy atom. The normalized spacial score (nSPS) is 14.3. The fraction of sp³-hybridized carbons (Fsp3) is 0.833. The van der Waals surface area contributed by atoms with Crippen LogP contribution in [0.1, 0.15) is 34.1 Å². The van der Waals surface area contributed by atoms with E-state index in [9.17, 15) is 5.11 Å². The predicted octanol–water partition coefficient (Wildman–Crippen LogP) is 2.78. The monoisotopic (exact) mass is 228 g/mol. The van der Waals surface area contributed by atoms with E-state index in [0.717, 1.165) is 0 Å². The van der Waals surface area contributed by atoms with Gasteiger partial charge in [0.1, 0.15) is 0 Å². The summed E-state index contributed by atoms with van der Waals surface area (Å²) >= 11 is 0. The molecule has 88 valence electrons. The largest absolute Gasteiger partial charge is 0.411 e. The lowest BCUT2D eigenvalue weighted by Crippen LogP contribution is -2.44. The lowest BCUT2D eigenvalue weighted by molar-refractivity contribution is 0.107. The molecule has 0 aliphatic carbocycles. The van der Waals surface area contributed by atoms with Crippen LogP contribution in [0.3, 0.4) is 0 Å². The van der Waals surface area contributed by atoms with Crippen LogP contribution in [0.5, 0.6) is 0 Å². The van der Waals surface area contributed by atoms with E-state index in [0.29, 0.717) is 6.42 Å². The van der Waals surface area contributed by atoms with Gasteiger partial charge in [0.15, 0.2) is 8.32 Å². The van der Waals surface area contributed by atoms with Crippen molar-refractivity contribution < 1.29 is 9.53 Å². The summed E-state index contributed by atoms with van der Waals surface area (Å²) in [5.74, 6) is 5.79. The number of aliphatic hydroxyl groups excluding tert-OH is 1. The minimum Gasteiger partial charge on any atom is -0.411 e. The van der Waals surface area contributed by atoms with Crippen molar-refractivity contribution in [3.8, 4) is 11.8 Å². The van der Waals surface area contributed by atoms with E-state index in [4.69, 9.17) is 4.43 Å². The topological polar surface area (TPSA) is 29.5 Å². The average molecular weight is 228 g/mol. The molecule has 0 saturated heterocycles. The summed E-state index contributed by atoms with van der Waals surface area (Å²) in [7, 11) is -1.77. The molecule has 0 aromatic heterocycles. The average Bonchev–Trinajstić information content (AvgIpc) is 2.10. The lowest BCUT2D eigenvalue weighted by atomic mass is 10.2. The van der Waals surface area contributed by atoms with Crippen LogP contribution >= 0.6 is 0 Å². The van der Waals surface area contributed by atoms with E-state index in [1.54, 1.807) is 6.92 Å². The van der Waals surface area contributed by atoms with E-state index < -0.39 is 8.32 Å². The third-order valence-corrected chi connectivity index (χ3v) is 7.51. The highest BCUT2D eigenvalue weighted by Crippen LogP contribution is 2.37. The van der Waals surface area contributed by atoms with Crippen molar-refractivity contribution >= 4 is 8.32 Å². The number of aliphatic hydroxyl groups is 1. The smallest absolute Gasteiger partial charge is 0.192 e. The summed E-state index contributed by atoms with van der Waals surface area (Å²) in [5, 5.41) is 9.39. The van der Waals surface area contributed by atoms with Crippen LogP contribution in [0.25, 0.3) is 0 Å². The Morgan fingerprint density at radius 3 is 2.20 bits per heavy atom. The minimum atomic E-state index is -1.77. The highest BCUT2D eigenvalue weighted by molar-refractivity contribution is 6.74. The zero-order valence-electron chi connectivity index (χ0n) is 10.8. The highest BCUT2D eigenvalue weighted by atomic mass is 28.4. The maximum absolute atomic E-state index is 9.21. The zero-order chi connectivity index (χ0) is 12.1. The zero-order valence-corrected chi connectivity index (χ0v) is 11.8. The van der Waals surface area contributed by atoms with Crippen molar-refractivity contribution in [1.82, 2.24) is 0 Å². The molecule has 0 aromatic rings. The summed E-state index contributed by atoms with van der Waals surface area (Å²) in [6.45, 7) is 12.8. The Labute approximate surface area is 95.2 Å². The van der Waals surface area contributed by atoms with Crippen molar-refractivity contribution in [2.75, 3.05) is 6.61 Å². The van der Waals surface area contributed by atoms with Crippen LogP contribution < -0.4 is 0 Å². The van der Waals surface area contributed by atoms with Crippen molar-refractivity contribution in [2.45, 2.75) is 58.4 Å². The molecule has 0 aromatic carbocycles. The van der Waals surface area contributed by atoms with Crippen LogP contribution in [0.2, 0.25) is 18.1 Å². The summed E-state index contributed by atoms with van der Waals surface area (Å²) in [6, 6.07) is 0. The first kappa shape index (κ1) is 14.7. The minimum absolute atomic E-state index is 0.0567. The molecule has 1 atom stereocenters. The second kappa shape index (κ2) is 5.69. The molecule has 0 aliphatic rings.